The van der Waals surface area contributed by atoms with E-state index in [4.69, 9.17) is 5.73 Å². The Morgan fingerprint density at radius 1 is 1.21 bits per heavy atom. The number of nitrogens with two attached hydrogens (primary N) is 1. The molecule has 0 radical (unpaired) electrons. The van der Waals surface area contributed by atoms with Crippen LogP contribution in [0.3, 0.4) is 0 Å². The van der Waals surface area contributed by atoms with Crippen LogP contribution in [0.2, 0.25) is 0 Å². The monoisotopic (exact) mass is 253 g/mol. The highest BCUT2D eigenvalue weighted by Crippen LogP contribution is 2.26. The number of hydrogen-bond acceptors (Lipinski definition) is 4. The third-order valence-corrected chi connectivity index (χ3v) is 3.40. The Balaban J connectivity index is 2.11. The van der Waals surface area contributed by atoms with Crippen molar-refractivity contribution in [3.05, 3.63) is 41.5 Å². The van der Waals surface area contributed by atoms with Crippen molar-refractivity contribution in [2.75, 3.05) is 0 Å². The SMILES string of the molecule is Cc1[nH]c2ccc(-c3cnc(CN)nn3)cc2c1C. The van der Waals surface area contributed by atoms with Gasteiger partial charge in [-0.25, -0.2) is 4.98 Å². The number of aromatic amines is 1. The molecule has 0 fully saturated rings. The summed E-state index contributed by atoms with van der Waals surface area (Å²) in [6, 6.07) is 6.19. The van der Waals surface area contributed by atoms with Gasteiger partial charge in [-0.2, -0.15) is 0 Å². The van der Waals surface area contributed by atoms with E-state index in [1.54, 1.807) is 6.20 Å². The summed E-state index contributed by atoms with van der Waals surface area (Å²) in [5.74, 6) is 0.554. The molecule has 2 aromatic heterocycles. The summed E-state index contributed by atoms with van der Waals surface area (Å²) in [4.78, 5) is 7.53. The Hall–Kier alpha value is -2.27. The number of fused-ring (bicyclic) bond motifs is 1. The highest BCUT2D eigenvalue weighted by Gasteiger charge is 2.07. The van der Waals surface area contributed by atoms with Crippen LogP contribution in [-0.4, -0.2) is 20.2 Å². The van der Waals surface area contributed by atoms with Gasteiger partial charge in [0.25, 0.3) is 0 Å². The first-order valence-corrected chi connectivity index (χ1v) is 6.17. The Kier molecular flexibility index (Phi) is 2.76. The predicted molar refractivity (Wildman–Crippen MR) is 74.5 cm³/mol. The second kappa shape index (κ2) is 4.44. The van der Waals surface area contributed by atoms with E-state index >= 15 is 0 Å². The molecule has 0 spiro atoms. The van der Waals surface area contributed by atoms with E-state index in [0.717, 1.165) is 16.8 Å². The minimum Gasteiger partial charge on any atom is -0.358 e. The maximum absolute atomic E-state index is 5.47. The van der Waals surface area contributed by atoms with Crippen LogP contribution in [0.5, 0.6) is 0 Å². The van der Waals surface area contributed by atoms with E-state index < -0.39 is 0 Å². The average molecular weight is 253 g/mol. The summed E-state index contributed by atoms with van der Waals surface area (Å²) in [5.41, 5.74) is 10.8. The normalized spacial score (nSPS) is 11.1. The first-order chi connectivity index (χ1) is 9.19. The second-order valence-corrected chi connectivity index (χ2v) is 4.60. The van der Waals surface area contributed by atoms with Crippen LogP contribution in [0.15, 0.2) is 24.4 Å². The van der Waals surface area contributed by atoms with E-state index in [1.165, 1.54) is 16.6 Å². The van der Waals surface area contributed by atoms with Gasteiger partial charge >= 0.3 is 0 Å². The van der Waals surface area contributed by atoms with Gasteiger partial charge in [-0.05, 0) is 31.5 Å². The fourth-order valence-electron chi connectivity index (χ4n) is 2.15. The van der Waals surface area contributed by atoms with Gasteiger partial charge in [0.1, 0.15) is 5.69 Å². The maximum atomic E-state index is 5.47. The molecule has 3 aromatic rings. The number of nitrogens with one attached hydrogen (secondary N) is 1. The highest BCUT2D eigenvalue weighted by molar-refractivity contribution is 5.88. The average Bonchev–Trinajstić information content (AvgIpc) is 2.74. The zero-order valence-electron chi connectivity index (χ0n) is 10.9. The Bertz CT molecular complexity index is 727. The summed E-state index contributed by atoms with van der Waals surface area (Å²) in [6.45, 7) is 4.49. The minimum atomic E-state index is 0.308. The van der Waals surface area contributed by atoms with Crippen molar-refractivity contribution < 1.29 is 0 Å². The number of aryl methyl sites for hydroxylation is 2. The zero-order valence-corrected chi connectivity index (χ0v) is 10.9. The zero-order chi connectivity index (χ0) is 13.4. The smallest absolute Gasteiger partial charge is 0.164 e. The number of benzene rings is 1. The molecule has 0 atom stereocenters. The lowest BCUT2D eigenvalue weighted by molar-refractivity contribution is 0.835. The fraction of sp³-hybridized carbons (Fsp3) is 0.214. The number of H-pyrrole nitrogens is 1. The Morgan fingerprint density at radius 2 is 2.05 bits per heavy atom. The lowest BCUT2D eigenvalue weighted by atomic mass is 10.1. The Morgan fingerprint density at radius 3 is 2.74 bits per heavy atom. The molecule has 0 amide bonds. The van der Waals surface area contributed by atoms with Crippen LogP contribution < -0.4 is 5.73 Å². The van der Waals surface area contributed by atoms with Gasteiger partial charge in [0, 0.05) is 22.2 Å². The molecule has 5 nitrogen and oxygen atoms in total. The maximum Gasteiger partial charge on any atom is 0.164 e. The second-order valence-electron chi connectivity index (χ2n) is 4.60. The van der Waals surface area contributed by atoms with Crippen LogP contribution in [0.1, 0.15) is 17.1 Å². The van der Waals surface area contributed by atoms with Crippen molar-refractivity contribution >= 4 is 10.9 Å². The van der Waals surface area contributed by atoms with Crippen molar-refractivity contribution in [3.63, 3.8) is 0 Å². The minimum absolute atomic E-state index is 0.308. The molecule has 3 N–H and O–H groups in total. The summed E-state index contributed by atoms with van der Waals surface area (Å²) in [7, 11) is 0. The van der Waals surface area contributed by atoms with E-state index in [2.05, 4.69) is 46.1 Å². The van der Waals surface area contributed by atoms with E-state index in [1.807, 2.05) is 6.07 Å². The van der Waals surface area contributed by atoms with E-state index in [-0.39, 0.29) is 0 Å². The standard InChI is InChI=1S/C14H15N5/c1-8-9(2)17-12-4-3-10(5-11(8)12)13-7-16-14(6-15)19-18-13/h3-5,7,17H,6,15H2,1-2H3. The van der Waals surface area contributed by atoms with Gasteiger partial charge in [-0.3, -0.25) is 0 Å². The molecule has 1 aromatic carbocycles. The first kappa shape index (κ1) is 11.8. The molecule has 0 aliphatic heterocycles. The lowest BCUT2D eigenvalue weighted by Crippen LogP contribution is -2.04. The number of hydrogen-bond donors (Lipinski definition) is 2. The molecule has 0 saturated carbocycles. The van der Waals surface area contributed by atoms with Crippen molar-refractivity contribution in [2.24, 2.45) is 5.73 Å². The van der Waals surface area contributed by atoms with E-state index in [0.29, 0.717) is 12.4 Å². The fourth-order valence-corrected chi connectivity index (χ4v) is 2.15. The van der Waals surface area contributed by atoms with Gasteiger partial charge in [0.2, 0.25) is 0 Å². The number of nitrogens with zero attached hydrogens (tertiary/aromatic N) is 3. The van der Waals surface area contributed by atoms with Crippen molar-refractivity contribution in [1.82, 2.24) is 20.2 Å². The van der Waals surface area contributed by atoms with Gasteiger partial charge in [-0.15, -0.1) is 10.2 Å². The largest absolute Gasteiger partial charge is 0.358 e. The molecular formula is C14H15N5. The molecule has 3 rings (SSSR count). The van der Waals surface area contributed by atoms with Crippen molar-refractivity contribution in [3.8, 4) is 11.3 Å². The molecule has 5 heteroatoms. The summed E-state index contributed by atoms with van der Waals surface area (Å²) >= 11 is 0. The van der Waals surface area contributed by atoms with E-state index in [9.17, 15) is 0 Å². The third kappa shape index (κ3) is 1.98. The topological polar surface area (TPSA) is 80.5 Å². The van der Waals surface area contributed by atoms with Crippen LogP contribution >= 0.6 is 0 Å². The molecule has 96 valence electrons. The molecule has 0 aliphatic carbocycles. The lowest BCUT2D eigenvalue weighted by Gasteiger charge is -2.01. The summed E-state index contributed by atoms with van der Waals surface area (Å²) < 4.78 is 0. The highest BCUT2D eigenvalue weighted by atomic mass is 15.2. The predicted octanol–water partition coefficient (Wildman–Crippen LogP) is 2.10. The van der Waals surface area contributed by atoms with Gasteiger partial charge < -0.3 is 10.7 Å². The summed E-state index contributed by atoms with van der Waals surface area (Å²) in [5, 5.41) is 9.36. The molecule has 0 bridgehead atoms. The van der Waals surface area contributed by atoms with Crippen LogP contribution in [0.4, 0.5) is 0 Å². The number of aromatic nitrogens is 4. The first-order valence-electron chi connectivity index (χ1n) is 6.17. The molecule has 0 aliphatic rings. The van der Waals surface area contributed by atoms with Crippen molar-refractivity contribution in [1.29, 1.82) is 0 Å². The van der Waals surface area contributed by atoms with Gasteiger partial charge in [0.05, 0.1) is 12.7 Å². The van der Waals surface area contributed by atoms with Gasteiger partial charge in [-0.1, -0.05) is 6.07 Å². The number of rotatable bonds is 2. The van der Waals surface area contributed by atoms with Crippen LogP contribution in [0.25, 0.3) is 22.2 Å². The van der Waals surface area contributed by atoms with Crippen molar-refractivity contribution in [2.45, 2.75) is 20.4 Å². The molecule has 0 unspecified atom stereocenters. The quantitative estimate of drug-likeness (QED) is 0.732. The molecule has 0 saturated heterocycles. The molecule has 2 heterocycles. The van der Waals surface area contributed by atoms with Crippen LogP contribution in [-0.2, 0) is 6.54 Å². The summed E-state index contributed by atoms with van der Waals surface area (Å²) in [6.07, 6.45) is 1.71. The van der Waals surface area contributed by atoms with Gasteiger partial charge in [0.15, 0.2) is 5.82 Å². The van der Waals surface area contributed by atoms with Crippen LogP contribution in [0, 0.1) is 13.8 Å². The molecular weight excluding hydrogens is 238 g/mol. The molecule has 19 heavy (non-hydrogen) atoms. The Labute approximate surface area is 110 Å². The third-order valence-electron chi connectivity index (χ3n) is 3.40.